The first-order valence-electron chi connectivity index (χ1n) is 10.4. The SMILES string of the molecule is N#Cc1ccc(N(Cc2ccccc2C(F)(F)F)[C@H]2CCN(Cc3cncnc3)C2)cc1Cl. The van der Waals surface area contributed by atoms with Gasteiger partial charge in [0.2, 0.25) is 0 Å². The molecule has 0 N–H and O–H groups in total. The molecule has 1 aromatic heterocycles. The quantitative estimate of drug-likeness (QED) is 0.488. The van der Waals surface area contributed by atoms with Crippen LogP contribution in [0.5, 0.6) is 0 Å². The Kier molecular flexibility index (Phi) is 6.82. The lowest BCUT2D eigenvalue weighted by Crippen LogP contribution is -2.37. The van der Waals surface area contributed by atoms with Crippen molar-refractivity contribution < 1.29 is 13.2 Å². The molecule has 0 aliphatic carbocycles. The molecule has 0 unspecified atom stereocenters. The number of alkyl halides is 3. The third kappa shape index (κ3) is 5.44. The Hall–Kier alpha value is -3.15. The number of nitriles is 1. The van der Waals surface area contributed by atoms with Crippen LogP contribution in [0.4, 0.5) is 18.9 Å². The molecule has 1 aliphatic heterocycles. The van der Waals surface area contributed by atoms with Crippen molar-refractivity contribution in [2.45, 2.75) is 31.7 Å². The fraction of sp³-hybridized carbons (Fsp3) is 0.292. The standard InChI is InChI=1S/C24H21ClF3N5/c25-23-9-20(6-5-18(23)10-29)33(14-19-3-1-2-4-22(19)24(26,27)28)21-7-8-32(15-21)13-17-11-30-16-31-12-17/h1-6,9,11-12,16,21H,7-8,13-15H2/t21-/m0/s1. The van der Waals surface area contributed by atoms with Crippen molar-refractivity contribution >= 4 is 17.3 Å². The predicted octanol–water partition coefficient (Wildman–Crippen LogP) is 5.30. The van der Waals surface area contributed by atoms with Gasteiger partial charge in [-0.25, -0.2) is 9.97 Å². The van der Waals surface area contributed by atoms with Crippen LogP contribution < -0.4 is 4.90 Å². The maximum atomic E-state index is 13.6. The molecule has 170 valence electrons. The van der Waals surface area contributed by atoms with Crippen LogP contribution in [0.25, 0.3) is 0 Å². The minimum Gasteiger partial charge on any atom is -0.363 e. The van der Waals surface area contributed by atoms with Gasteiger partial charge in [-0.05, 0) is 36.2 Å². The molecular weight excluding hydrogens is 451 g/mol. The summed E-state index contributed by atoms with van der Waals surface area (Å²) < 4.78 is 40.9. The smallest absolute Gasteiger partial charge is 0.363 e. The molecule has 3 aromatic rings. The molecule has 5 nitrogen and oxygen atoms in total. The third-order valence-corrected chi connectivity index (χ3v) is 6.09. The number of benzene rings is 2. The molecule has 9 heteroatoms. The number of anilines is 1. The van der Waals surface area contributed by atoms with E-state index in [0.717, 1.165) is 24.6 Å². The van der Waals surface area contributed by atoms with Crippen molar-refractivity contribution in [3.05, 3.63) is 88.5 Å². The molecule has 1 atom stereocenters. The van der Waals surface area contributed by atoms with E-state index in [4.69, 9.17) is 11.6 Å². The monoisotopic (exact) mass is 471 g/mol. The second kappa shape index (κ2) is 9.77. The van der Waals surface area contributed by atoms with Crippen LogP contribution in [0.3, 0.4) is 0 Å². The van der Waals surface area contributed by atoms with Gasteiger partial charge >= 0.3 is 6.18 Å². The summed E-state index contributed by atoms with van der Waals surface area (Å²) in [6.07, 6.45) is 1.33. The molecule has 1 saturated heterocycles. The summed E-state index contributed by atoms with van der Waals surface area (Å²) in [7, 11) is 0. The maximum Gasteiger partial charge on any atom is 0.416 e. The lowest BCUT2D eigenvalue weighted by molar-refractivity contribution is -0.138. The number of rotatable bonds is 6. The summed E-state index contributed by atoms with van der Waals surface area (Å²) >= 11 is 6.27. The van der Waals surface area contributed by atoms with Gasteiger partial charge in [-0.1, -0.05) is 29.8 Å². The normalized spacial score (nSPS) is 16.5. The minimum atomic E-state index is -4.44. The Morgan fingerprint density at radius 1 is 1.15 bits per heavy atom. The zero-order valence-electron chi connectivity index (χ0n) is 17.6. The van der Waals surface area contributed by atoms with Crippen molar-refractivity contribution in [2.75, 3.05) is 18.0 Å². The van der Waals surface area contributed by atoms with Gasteiger partial charge in [0.1, 0.15) is 12.4 Å². The summed E-state index contributed by atoms with van der Waals surface area (Å²) in [4.78, 5) is 12.3. The van der Waals surface area contributed by atoms with E-state index in [0.29, 0.717) is 24.3 Å². The number of halogens is 4. The van der Waals surface area contributed by atoms with Gasteiger partial charge < -0.3 is 4.90 Å². The van der Waals surface area contributed by atoms with Crippen LogP contribution in [0.1, 0.15) is 28.7 Å². The topological polar surface area (TPSA) is 56.1 Å². The highest BCUT2D eigenvalue weighted by atomic mass is 35.5. The van der Waals surface area contributed by atoms with Gasteiger partial charge in [0.05, 0.1) is 16.1 Å². The summed E-state index contributed by atoms with van der Waals surface area (Å²) in [6.45, 7) is 2.20. The average Bonchev–Trinajstić information content (AvgIpc) is 3.25. The van der Waals surface area contributed by atoms with E-state index in [-0.39, 0.29) is 23.2 Å². The number of aromatic nitrogens is 2. The van der Waals surface area contributed by atoms with E-state index in [1.807, 2.05) is 11.0 Å². The molecule has 2 aromatic carbocycles. The Labute approximate surface area is 195 Å². The van der Waals surface area contributed by atoms with Gasteiger partial charge in [0.25, 0.3) is 0 Å². The van der Waals surface area contributed by atoms with E-state index in [2.05, 4.69) is 14.9 Å². The predicted molar refractivity (Wildman–Crippen MR) is 120 cm³/mol. The number of hydrogen-bond acceptors (Lipinski definition) is 5. The maximum absolute atomic E-state index is 13.6. The molecule has 4 rings (SSSR count). The highest BCUT2D eigenvalue weighted by Gasteiger charge is 2.35. The molecule has 0 bridgehead atoms. The van der Waals surface area contributed by atoms with Crippen molar-refractivity contribution in [3.63, 3.8) is 0 Å². The molecule has 1 aliphatic rings. The molecule has 0 radical (unpaired) electrons. The Morgan fingerprint density at radius 3 is 2.61 bits per heavy atom. The van der Waals surface area contributed by atoms with E-state index >= 15 is 0 Å². The van der Waals surface area contributed by atoms with Crippen LogP contribution in [0.2, 0.25) is 5.02 Å². The summed E-state index contributed by atoms with van der Waals surface area (Å²) in [5.74, 6) is 0. The summed E-state index contributed by atoms with van der Waals surface area (Å²) in [6, 6.07) is 12.6. The Bertz CT molecular complexity index is 1150. The van der Waals surface area contributed by atoms with Gasteiger partial charge in [0.15, 0.2) is 0 Å². The second-order valence-corrected chi connectivity index (χ2v) is 8.39. The number of nitrogens with zero attached hydrogens (tertiary/aromatic N) is 5. The molecule has 0 amide bonds. The average molecular weight is 472 g/mol. The highest BCUT2D eigenvalue weighted by Crippen LogP contribution is 2.35. The minimum absolute atomic E-state index is 0.0278. The van der Waals surface area contributed by atoms with Crippen molar-refractivity contribution in [1.82, 2.24) is 14.9 Å². The van der Waals surface area contributed by atoms with Gasteiger partial charge in [-0.3, -0.25) is 4.90 Å². The van der Waals surface area contributed by atoms with Crippen LogP contribution in [-0.4, -0.2) is 34.0 Å². The summed E-state index contributed by atoms with van der Waals surface area (Å²) in [5.41, 5.74) is 1.54. The lowest BCUT2D eigenvalue weighted by Gasteiger charge is -2.32. The summed E-state index contributed by atoms with van der Waals surface area (Å²) in [5, 5.41) is 9.48. The van der Waals surface area contributed by atoms with Crippen LogP contribution in [-0.2, 0) is 19.3 Å². The second-order valence-electron chi connectivity index (χ2n) is 7.98. The fourth-order valence-electron chi connectivity index (χ4n) is 4.20. The Morgan fingerprint density at radius 2 is 1.91 bits per heavy atom. The van der Waals surface area contributed by atoms with E-state index in [9.17, 15) is 18.4 Å². The molecule has 0 spiro atoms. The van der Waals surface area contributed by atoms with Gasteiger partial charge in [-0.2, -0.15) is 18.4 Å². The van der Waals surface area contributed by atoms with Crippen LogP contribution in [0.15, 0.2) is 61.2 Å². The Balaban J connectivity index is 1.63. The van der Waals surface area contributed by atoms with Crippen molar-refractivity contribution in [1.29, 1.82) is 5.26 Å². The molecule has 0 saturated carbocycles. The zero-order chi connectivity index (χ0) is 23.4. The van der Waals surface area contributed by atoms with Gasteiger partial charge in [-0.15, -0.1) is 0 Å². The first-order chi connectivity index (χ1) is 15.8. The molecule has 2 heterocycles. The molecule has 33 heavy (non-hydrogen) atoms. The molecule has 1 fully saturated rings. The first-order valence-corrected chi connectivity index (χ1v) is 10.8. The van der Waals surface area contributed by atoms with Crippen LogP contribution >= 0.6 is 11.6 Å². The largest absolute Gasteiger partial charge is 0.416 e. The van der Waals surface area contributed by atoms with Crippen molar-refractivity contribution in [3.8, 4) is 6.07 Å². The fourth-order valence-corrected chi connectivity index (χ4v) is 4.42. The van der Waals surface area contributed by atoms with Gasteiger partial charge in [0, 0.05) is 55.9 Å². The third-order valence-electron chi connectivity index (χ3n) is 5.78. The number of hydrogen-bond donors (Lipinski definition) is 0. The van der Waals surface area contributed by atoms with E-state index < -0.39 is 11.7 Å². The molecular formula is C24H21ClF3N5. The first kappa shape index (κ1) is 23.0. The highest BCUT2D eigenvalue weighted by molar-refractivity contribution is 6.32. The van der Waals surface area contributed by atoms with Crippen LogP contribution in [0, 0.1) is 11.3 Å². The lowest BCUT2D eigenvalue weighted by atomic mass is 10.0. The van der Waals surface area contributed by atoms with E-state index in [1.54, 1.807) is 36.7 Å². The zero-order valence-corrected chi connectivity index (χ0v) is 18.4. The van der Waals surface area contributed by atoms with Crippen molar-refractivity contribution in [2.24, 2.45) is 0 Å². The number of likely N-dealkylation sites (tertiary alicyclic amines) is 1. The van der Waals surface area contributed by atoms with E-state index in [1.165, 1.54) is 18.5 Å².